The maximum absolute atomic E-state index is 3.73. The van der Waals surface area contributed by atoms with Gasteiger partial charge in [0.25, 0.3) is 0 Å². The van der Waals surface area contributed by atoms with E-state index in [0.717, 1.165) is 19.6 Å². The van der Waals surface area contributed by atoms with Gasteiger partial charge in [-0.15, -0.1) is 0 Å². The Bertz CT molecular complexity index is 579. The molecule has 2 aromatic rings. The van der Waals surface area contributed by atoms with Crippen LogP contribution in [0.4, 0.5) is 0 Å². The van der Waals surface area contributed by atoms with Gasteiger partial charge in [0.05, 0.1) is 0 Å². The first kappa shape index (κ1) is 15.3. The summed E-state index contributed by atoms with van der Waals surface area (Å²) >= 11 is 0. The lowest BCUT2D eigenvalue weighted by molar-refractivity contribution is 0.182. The van der Waals surface area contributed by atoms with Crippen molar-refractivity contribution in [1.82, 2.24) is 10.2 Å². The summed E-state index contributed by atoms with van der Waals surface area (Å²) in [4.78, 5) is 2.59. The third-order valence-electron chi connectivity index (χ3n) is 4.60. The van der Waals surface area contributed by atoms with Crippen LogP contribution in [0.25, 0.3) is 0 Å². The smallest absolute Gasteiger partial charge is 0.0237 e. The van der Waals surface area contributed by atoms with Crippen LogP contribution in [0.2, 0.25) is 0 Å². The molecule has 0 aliphatic carbocycles. The van der Waals surface area contributed by atoms with E-state index >= 15 is 0 Å². The van der Waals surface area contributed by atoms with E-state index in [-0.39, 0.29) is 0 Å². The molecule has 0 amide bonds. The summed E-state index contributed by atoms with van der Waals surface area (Å²) in [5.41, 5.74) is 4.24. The fourth-order valence-electron chi connectivity index (χ4n) is 3.25. The molecule has 1 fully saturated rings. The lowest BCUT2D eigenvalue weighted by Crippen LogP contribution is -2.45. The predicted octanol–water partition coefficient (Wildman–Crippen LogP) is 3.75. The average Bonchev–Trinajstić information content (AvgIpc) is 2.57. The van der Waals surface area contributed by atoms with Crippen molar-refractivity contribution < 1.29 is 0 Å². The third-order valence-corrected chi connectivity index (χ3v) is 4.60. The number of piperidine rings is 1. The molecule has 0 spiro atoms. The van der Waals surface area contributed by atoms with Crippen LogP contribution >= 0.6 is 0 Å². The topological polar surface area (TPSA) is 15.3 Å². The van der Waals surface area contributed by atoms with Gasteiger partial charge in [0, 0.05) is 25.7 Å². The molecule has 1 heterocycles. The monoisotopic (exact) mass is 294 g/mol. The van der Waals surface area contributed by atoms with Crippen LogP contribution in [0.3, 0.4) is 0 Å². The van der Waals surface area contributed by atoms with Gasteiger partial charge in [-0.2, -0.15) is 0 Å². The molecular formula is C20H26N2. The van der Waals surface area contributed by atoms with Gasteiger partial charge in [0.1, 0.15) is 0 Å². The van der Waals surface area contributed by atoms with E-state index in [9.17, 15) is 0 Å². The maximum Gasteiger partial charge on any atom is 0.0237 e. The highest BCUT2D eigenvalue weighted by atomic mass is 15.2. The largest absolute Gasteiger partial charge is 0.309 e. The molecule has 2 heteroatoms. The number of nitrogens with one attached hydrogen (secondary N) is 1. The Labute approximate surface area is 134 Å². The first-order chi connectivity index (χ1) is 10.8. The van der Waals surface area contributed by atoms with Crippen molar-refractivity contribution in [3.63, 3.8) is 0 Å². The Morgan fingerprint density at radius 1 is 1.05 bits per heavy atom. The first-order valence-electron chi connectivity index (χ1n) is 8.35. The van der Waals surface area contributed by atoms with Crippen molar-refractivity contribution in [2.75, 3.05) is 13.1 Å². The van der Waals surface area contributed by atoms with E-state index in [0.29, 0.717) is 6.04 Å². The van der Waals surface area contributed by atoms with Crippen LogP contribution in [0.1, 0.15) is 29.5 Å². The lowest BCUT2D eigenvalue weighted by atomic mass is 10.0. The molecule has 1 aliphatic heterocycles. The molecule has 1 N–H and O–H groups in total. The molecule has 116 valence electrons. The van der Waals surface area contributed by atoms with Gasteiger partial charge in [0.15, 0.2) is 0 Å². The average molecular weight is 294 g/mol. The number of likely N-dealkylation sites (tertiary alicyclic amines) is 1. The van der Waals surface area contributed by atoms with Crippen molar-refractivity contribution in [3.8, 4) is 0 Å². The summed E-state index contributed by atoms with van der Waals surface area (Å²) in [6.07, 6.45) is 2.58. The van der Waals surface area contributed by atoms with Gasteiger partial charge < -0.3 is 5.32 Å². The lowest BCUT2D eigenvalue weighted by Gasteiger charge is -2.33. The number of hydrogen-bond acceptors (Lipinski definition) is 2. The Morgan fingerprint density at radius 3 is 2.64 bits per heavy atom. The van der Waals surface area contributed by atoms with E-state index < -0.39 is 0 Å². The number of hydrogen-bond donors (Lipinski definition) is 1. The van der Waals surface area contributed by atoms with Gasteiger partial charge in [-0.25, -0.2) is 0 Å². The molecule has 1 atom stereocenters. The summed E-state index contributed by atoms with van der Waals surface area (Å²) in [5.74, 6) is 0. The molecule has 0 saturated carbocycles. The molecule has 3 rings (SSSR count). The summed E-state index contributed by atoms with van der Waals surface area (Å²) in [5, 5.41) is 3.73. The van der Waals surface area contributed by atoms with Gasteiger partial charge in [-0.05, 0) is 43.0 Å². The zero-order chi connectivity index (χ0) is 15.2. The van der Waals surface area contributed by atoms with Crippen LogP contribution in [0.5, 0.6) is 0 Å². The van der Waals surface area contributed by atoms with Crippen LogP contribution in [-0.2, 0) is 13.1 Å². The van der Waals surface area contributed by atoms with Crippen molar-refractivity contribution in [2.24, 2.45) is 0 Å². The maximum atomic E-state index is 3.73. The highest BCUT2D eigenvalue weighted by Crippen LogP contribution is 2.16. The Balaban J connectivity index is 1.52. The normalized spacial score (nSPS) is 19.2. The van der Waals surface area contributed by atoms with Gasteiger partial charge >= 0.3 is 0 Å². The van der Waals surface area contributed by atoms with Crippen molar-refractivity contribution in [1.29, 1.82) is 0 Å². The Kier molecular flexibility index (Phi) is 5.25. The molecule has 22 heavy (non-hydrogen) atoms. The fourth-order valence-corrected chi connectivity index (χ4v) is 3.25. The summed E-state index contributed by atoms with van der Waals surface area (Å²) in [7, 11) is 0. The quantitative estimate of drug-likeness (QED) is 0.903. The molecule has 1 aliphatic rings. The van der Waals surface area contributed by atoms with Gasteiger partial charge in [0.2, 0.25) is 0 Å². The van der Waals surface area contributed by atoms with Crippen molar-refractivity contribution in [2.45, 2.75) is 38.9 Å². The van der Waals surface area contributed by atoms with Crippen molar-refractivity contribution in [3.05, 3.63) is 71.3 Å². The number of benzene rings is 2. The molecule has 0 radical (unpaired) electrons. The third kappa shape index (κ3) is 4.19. The first-order valence-corrected chi connectivity index (χ1v) is 8.35. The van der Waals surface area contributed by atoms with Crippen LogP contribution < -0.4 is 5.32 Å². The summed E-state index contributed by atoms with van der Waals surface area (Å²) in [6, 6.07) is 20.1. The van der Waals surface area contributed by atoms with E-state index in [4.69, 9.17) is 0 Å². The standard InChI is InChI=1S/C20H26N2/c1-17-8-5-6-11-19(17)15-22-13-7-12-20(16-22)21-14-18-9-3-2-4-10-18/h2-6,8-11,20-21H,7,12-16H2,1H3. The number of aryl methyl sites for hydroxylation is 1. The zero-order valence-electron chi connectivity index (χ0n) is 13.5. The minimum Gasteiger partial charge on any atom is -0.309 e. The molecule has 0 bridgehead atoms. The van der Waals surface area contributed by atoms with Gasteiger partial charge in [-0.1, -0.05) is 54.6 Å². The number of rotatable bonds is 5. The second-order valence-electron chi connectivity index (χ2n) is 6.37. The van der Waals surface area contributed by atoms with E-state index in [1.807, 2.05) is 0 Å². The van der Waals surface area contributed by atoms with Crippen LogP contribution in [0.15, 0.2) is 54.6 Å². The molecule has 2 aromatic carbocycles. The van der Waals surface area contributed by atoms with Crippen LogP contribution in [0, 0.1) is 6.92 Å². The zero-order valence-corrected chi connectivity index (χ0v) is 13.5. The predicted molar refractivity (Wildman–Crippen MR) is 92.8 cm³/mol. The molecule has 1 saturated heterocycles. The Morgan fingerprint density at radius 2 is 1.82 bits per heavy atom. The summed E-state index contributed by atoms with van der Waals surface area (Å²) < 4.78 is 0. The van der Waals surface area contributed by atoms with Gasteiger partial charge in [-0.3, -0.25) is 4.90 Å². The minimum atomic E-state index is 0.609. The highest BCUT2D eigenvalue weighted by Gasteiger charge is 2.19. The van der Waals surface area contributed by atoms with Crippen molar-refractivity contribution >= 4 is 0 Å². The molecule has 0 aromatic heterocycles. The second-order valence-corrected chi connectivity index (χ2v) is 6.37. The minimum absolute atomic E-state index is 0.609. The SMILES string of the molecule is Cc1ccccc1CN1CCCC(NCc2ccccc2)C1. The second kappa shape index (κ2) is 7.57. The van der Waals surface area contributed by atoms with E-state index in [1.54, 1.807) is 0 Å². The molecule has 1 unspecified atom stereocenters. The summed E-state index contributed by atoms with van der Waals surface area (Å²) in [6.45, 7) is 6.64. The number of nitrogens with zero attached hydrogens (tertiary/aromatic N) is 1. The van der Waals surface area contributed by atoms with E-state index in [1.165, 1.54) is 36.1 Å². The Hall–Kier alpha value is -1.64. The molecular weight excluding hydrogens is 268 g/mol. The highest BCUT2D eigenvalue weighted by molar-refractivity contribution is 5.25. The van der Waals surface area contributed by atoms with Crippen LogP contribution in [-0.4, -0.2) is 24.0 Å². The molecule has 2 nitrogen and oxygen atoms in total. The van der Waals surface area contributed by atoms with E-state index in [2.05, 4.69) is 71.7 Å². The fraction of sp³-hybridized carbons (Fsp3) is 0.400.